The molecule has 0 aliphatic carbocycles. The molecule has 1 rings (SSSR count). The van der Waals surface area contributed by atoms with Gasteiger partial charge in [0, 0.05) is 19.2 Å². The molecule has 2 N–H and O–H groups in total. The summed E-state index contributed by atoms with van der Waals surface area (Å²) in [4.78, 5) is 15.0. The lowest BCUT2D eigenvalue weighted by atomic mass is 9.92. The van der Waals surface area contributed by atoms with Gasteiger partial charge in [0.05, 0.1) is 12.0 Å². The number of carbonyl (C=O) groups is 1. The molecule has 0 spiro atoms. The Bertz CT molecular complexity index is 373. The number of aromatic nitrogens is 2. The summed E-state index contributed by atoms with van der Waals surface area (Å²) in [6.07, 6.45) is 7.40. The number of hydrogen-bond acceptors (Lipinski definition) is 2. The van der Waals surface area contributed by atoms with Crippen LogP contribution >= 0.6 is 0 Å². The highest BCUT2D eigenvalue weighted by atomic mass is 16.1. The van der Waals surface area contributed by atoms with E-state index in [9.17, 15) is 4.79 Å². The topological polar surface area (TPSA) is 60.9 Å². The highest BCUT2D eigenvalue weighted by Gasteiger charge is 2.12. The van der Waals surface area contributed by atoms with Gasteiger partial charge in [-0.1, -0.05) is 33.6 Å². The van der Waals surface area contributed by atoms with Crippen molar-refractivity contribution in [2.24, 2.45) is 17.6 Å². The lowest BCUT2D eigenvalue weighted by Crippen LogP contribution is -2.14. The third kappa shape index (κ3) is 4.90. The third-order valence-electron chi connectivity index (χ3n) is 3.53. The summed E-state index contributed by atoms with van der Waals surface area (Å²) in [6.45, 7) is 7.80. The first-order valence-corrected chi connectivity index (χ1v) is 6.81. The SMILES string of the molecule is CCCC(C)C(C)Cn1cnc(CCC(N)=O)c1. The van der Waals surface area contributed by atoms with Crippen LogP contribution in [0.2, 0.25) is 0 Å². The average molecular weight is 251 g/mol. The van der Waals surface area contributed by atoms with E-state index in [1.165, 1.54) is 12.8 Å². The second kappa shape index (κ2) is 7.19. The van der Waals surface area contributed by atoms with E-state index in [0.717, 1.165) is 18.2 Å². The zero-order valence-corrected chi connectivity index (χ0v) is 11.7. The zero-order chi connectivity index (χ0) is 13.5. The summed E-state index contributed by atoms with van der Waals surface area (Å²) < 4.78 is 2.12. The molecule has 2 unspecified atom stereocenters. The first kappa shape index (κ1) is 14.7. The first-order chi connectivity index (χ1) is 8.52. The van der Waals surface area contributed by atoms with E-state index < -0.39 is 0 Å². The Morgan fingerprint density at radius 3 is 2.78 bits per heavy atom. The monoisotopic (exact) mass is 251 g/mol. The largest absolute Gasteiger partial charge is 0.370 e. The van der Waals surface area contributed by atoms with Gasteiger partial charge in [0.25, 0.3) is 0 Å². The van der Waals surface area contributed by atoms with E-state index in [0.29, 0.717) is 18.8 Å². The minimum atomic E-state index is -0.269. The number of rotatable bonds is 8. The molecule has 0 aromatic carbocycles. The van der Waals surface area contributed by atoms with Crippen molar-refractivity contribution >= 4 is 5.91 Å². The second-order valence-corrected chi connectivity index (χ2v) is 5.27. The smallest absolute Gasteiger partial charge is 0.217 e. The van der Waals surface area contributed by atoms with Crippen LogP contribution in [0.1, 0.15) is 45.7 Å². The normalized spacial score (nSPS) is 14.4. The molecule has 4 nitrogen and oxygen atoms in total. The predicted octanol–water partition coefficient (Wildman–Crippen LogP) is 2.37. The minimum Gasteiger partial charge on any atom is -0.370 e. The quantitative estimate of drug-likeness (QED) is 0.771. The molecule has 0 aliphatic heterocycles. The molecule has 0 bridgehead atoms. The maximum absolute atomic E-state index is 10.7. The van der Waals surface area contributed by atoms with E-state index >= 15 is 0 Å². The Morgan fingerprint density at radius 1 is 1.44 bits per heavy atom. The van der Waals surface area contributed by atoms with Gasteiger partial charge in [-0.25, -0.2) is 4.98 Å². The van der Waals surface area contributed by atoms with Crippen LogP contribution in [0, 0.1) is 11.8 Å². The molecule has 1 heterocycles. The van der Waals surface area contributed by atoms with Crippen molar-refractivity contribution in [3.05, 3.63) is 18.2 Å². The summed E-state index contributed by atoms with van der Waals surface area (Å²) in [6, 6.07) is 0. The Morgan fingerprint density at radius 2 is 2.17 bits per heavy atom. The number of nitrogens with zero attached hydrogens (tertiary/aromatic N) is 2. The first-order valence-electron chi connectivity index (χ1n) is 6.81. The van der Waals surface area contributed by atoms with Gasteiger partial charge in [0.1, 0.15) is 0 Å². The van der Waals surface area contributed by atoms with Crippen LogP contribution in [0.3, 0.4) is 0 Å². The Kier molecular flexibility index (Phi) is 5.89. The molecule has 0 saturated heterocycles. The van der Waals surface area contributed by atoms with Gasteiger partial charge in [-0.15, -0.1) is 0 Å². The van der Waals surface area contributed by atoms with Gasteiger partial charge in [-0.05, 0) is 18.3 Å². The van der Waals surface area contributed by atoms with Crippen molar-refractivity contribution in [2.45, 2.75) is 53.0 Å². The number of imidazole rings is 1. The highest BCUT2D eigenvalue weighted by molar-refractivity contribution is 5.73. The summed E-state index contributed by atoms with van der Waals surface area (Å²) in [5.41, 5.74) is 6.08. The Labute approximate surface area is 110 Å². The molecule has 102 valence electrons. The predicted molar refractivity (Wildman–Crippen MR) is 73.0 cm³/mol. The van der Waals surface area contributed by atoms with Crippen LogP contribution in [0.4, 0.5) is 0 Å². The second-order valence-electron chi connectivity index (χ2n) is 5.27. The van der Waals surface area contributed by atoms with Crippen LogP contribution in [-0.4, -0.2) is 15.5 Å². The molecule has 0 saturated carbocycles. The van der Waals surface area contributed by atoms with Crippen molar-refractivity contribution < 1.29 is 4.79 Å². The number of hydrogen-bond donors (Lipinski definition) is 1. The van der Waals surface area contributed by atoms with Crippen molar-refractivity contribution in [3.63, 3.8) is 0 Å². The summed E-state index contributed by atoms with van der Waals surface area (Å²) in [5.74, 6) is 1.10. The fourth-order valence-corrected chi connectivity index (χ4v) is 2.14. The van der Waals surface area contributed by atoms with E-state index in [2.05, 4.69) is 30.3 Å². The van der Waals surface area contributed by atoms with Gasteiger partial charge in [-0.2, -0.15) is 0 Å². The van der Waals surface area contributed by atoms with E-state index in [1.54, 1.807) is 0 Å². The van der Waals surface area contributed by atoms with Crippen molar-refractivity contribution in [3.8, 4) is 0 Å². The zero-order valence-electron chi connectivity index (χ0n) is 11.7. The maximum atomic E-state index is 10.7. The highest BCUT2D eigenvalue weighted by Crippen LogP contribution is 2.18. The molecule has 0 radical (unpaired) electrons. The molecular weight excluding hydrogens is 226 g/mol. The Hall–Kier alpha value is -1.32. The number of aryl methyl sites for hydroxylation is 1. The third-order valence-corrected chi connectivity index (χ3v) is 3.53. The summed E-state index contributed by atoms with van der Waals surface area (Å²) >= 11 is 0. The lowest BCUT2D eigenvalue weighted by Gasteiger charge is -2.19. The molecular formula is C14H25N3O. The van der Waals surface area contributed by atoms with E-state index in [1.807, 2.05) is 12.5 Å². The van der Waals surface area contributed by atoms with Crippen LogP contribution in [0.5, 0.6) is 0 Å². The van der Waals surface area contributed by atoms with E-state index in [4.69, 9.17) is 5.73 Å². The van der Waals surface area contributed by atoms with Crippen LogP contribution < -0.4 is 5.73 Å². The van der Waals surface area contributed by atoms with E-state index in [-0.39, 0.29) is 5.91 Å². The Balaban J connectivity index is 2.45. The van der Waals surface area contributed by atoms with Crippen LogP contribution in [0.25, 0.3) is 0 Å². The van der Waals surface area contributed by atoms with Crippen LogP contribution in [-0.2, 0) is 17.8 Å². The van der Waals surface area contributed by atoms with Gasteiger partial charge >= 0.3 is 0 Å². The average Bonchev–Trinajstić information content (AvgIpc) is 2.74. The molecule has 0 fully saturated rings. The molecule has 18 heavy (non-hydrogen) atoms. The lowest BCUT2D eigenvalue weighted by molar-refractivity contribution is -0.118. The summed E-state index contributed by atoms with van der Waals surface area (Å²) in [5, 5.41) is 0. The van der Waals surface area contributed by atoms with Crippen LogP contribution in [0.15, 0.2) is 12.5 Å². The number of nitrogens with two attached hydrogens (primary N) is 1. The summed E-state index contributed by atoms with van der Waals surface area (Å²) in [7, 11) is 0. The fraction of sp³-hybridized carbons (Fsp3) is 0.714. The van der Waals surface area contributed by atoms with Gasteiger partial charge < -0.3 is 10.3 Å². The number of primary amides is 1. The minimum absolute atomic E-state index is 0.269. The van der Waals surface area contributed by atoms with Crippen molar-refractivity contribution in [2.75, 3.05) is 0 Å². The number of carbonyl (C=O) groups excluding carboxylic acids is 1. The molecule has 1 aromatic rings. The van der Waals surface area contributed by atoms with Gasteiger partial charge in [0.15, 0.2) is 0 Å². The van der Waals surface area contributed by atoms with Crippen molar-refractivity contribution in [1.82, 2.24) is 9.55 Å². The number of amides is 1. The molecule has 4 heteroatoms. The maximum Gasteiger partial charge on any atom is 0.217 e. The van der Waals surface area contributed by atoms with Crippen molar-refractivity contribution in [1.29, 1.82) is 0 Å². The molecule has 1 amide bonds. The fourth-order valence-electron chi connectivity index (χ4n) is 2.14. The molecule has 1 aromatic heterocycles. The van der Waals surface area contributed by atoms with Gasteiger partial charge in [-0.3, -0.25) is 4.79 Å². The van der Waals surface area contributed by atoms with Gasteiger partial charge in [0.2, 0.25) is 5.91 Å². The standard InChI is InChI=1S/C14H25N3O/c1-4-5-11(2)12(3)8-17-9-13(16-10-17)6-7-14(15)18/h9-12H,4-8H2,1-3H3,(H2,15,18). The molecule has 0 aliphatic rings. The molecule has 2 atom stereocenters.